The zero-order valence-corrected chi connectivity index (χ0v) is 18.3. The van der Waals surface area contributed by atoms with Crippen LogP contribution in [-0.4, -0.2) is 52.7 Å². The van der Waals surface area contributed by atoms with E-state index in [1.807, 2.05) is 16.8 Å². The number of likely N-dealkylation sites (N-methyl/N-ethyl adjacent to an activating group) is 1. The fourth-order valence-corrected chi connectivity index (χ4v) is 5.42. The van der Waals surface area contributed by atoms with Crippen molar-refractivity contribution in [2.45, 2.75) is 18.9 Å². The smallest absolute Gasteiger partial charge is 0.252 e. The van der Waals surface area contributed by atoms with Crippen molar-refractivity contribution in [3.8, 4) is 0 Å². The Balaban J connectivity index is 1.27. The fourth-order valence-electron chi connectivity index (χ4n) is 5.42. The largest absolute Gasteiger partial charge is 0.369 e. The molecule has 2 aliphatic carbocycles. The average molecular weight is 429 g/mol. The van der Waals surface area contributed by atoms with Crippen molar-refractivity contribution in [3.63, 3.8) is 0 Å². The number of hydrogen-bond donors (Lipinski definition) is 1. The Morgan fingerprint density at radius 1 is 0.969 bits per heavy atom. The number of rotatable bonds is 4. The summed E-state index contributed by atoms with van der Waals surface area (Å²) in [7, 11) is 2.17. The number of nitrogens with one attached hydrogen (secondary N) is 1. The Morgan fingerprint density at radius 2 is 1.78 bits per heavy atom. The van der Waals surface area contributed by atoms with E-state index in [4.69, 9.17) is 4.98 Å². The van der Waals surface area contributed by atoms with Gasteiger partial charge in [0.2, 0.25) is 5.95 Å². The molecule has 1 saturated heterocycles. The van der Waals surface area contributed by atoms with E-state index in [1.54, 1.807) is 6.07 Å². The molecule has 6 rings (SSSR count). The lowest BCUT2D eigenvalue weighted by atomic mass is 10.0. The van der Waals surface area contributed by atoms with E-state index in [1.165, 1.54) is 5.69 Å². The van der Waals surface area contributed by atoms with E-state index in [0.29, 0.717) is 17.8 Å². The molecule has 1 saturated carbocycles. The van der Waals surface area contributed by atoms with Gasteiger partial charge in [0.15, 0.2) is 0 Å². The highest BCUT2D eigenvalue weighted by molar-refractivity contribution is 5.76. The summed E-state index contributed by atoms with van der Waals surface area (Å²) >= 11 is 0. The fraction of sp³-hybridized carbons (Fsp3) is 0.400. The molecule has 2 bridgehead atoms. The average Bonchev–Trinajstić information content (AvgIpc) is 3.44. The normalized spacial score (nSPS) is 25.0. The predicted octanol–water partition coefficient (Wildman–Crippen LogP) is 3.42. The van der Waals surface area contributed by atoms with Crippen molar-refractivity contribution in [3.05, 3.63) is 65.1 Å². The minimum Gasteiger partial charge on any atom is -0.369 e. The van der Waals surface area contributed by atoms with E-state index in [0.717, 1.165) is 55.7 Å². The van der Waals surface area contributed by atoms with Gasteiger partial charge in [-0.1, -0.05) is 12.2 Å². The first kappa shape index (κ1) is 19.5. The molecule has 2 aromatic heterocycles. The molecule has 3 aliphatic rings. The Bertz CT molecular complexity index is 1230. The summed E-state index contributed by atoms with van der Waals surface area (Å²) in [6.45, 7) is 4.27. The first-order valence-corrected chi connectivity index (χ1v) is 11.5. The van der Waals surface area contributed by atoms with Gasteiger partial charge in [0, 0.05) is 61.2 Å². The second kappa shape index (κ2) is 7.74. The van der Waals surface area contributed by atoms with Crippen molar-refractivity contribution in [1.29, 1.82) is 0 Å². The number of nitrogens with zero attached hydrogens (tertiary/aromatic N) is 5. The molecule has 32 heavy (non-hydrogen) atoms. The number of allylic oxidation sites excluding steroid dienone is 2. The molecule has 7 nitrogen and oxygen atoms in total. The zero-order chi connectivity index (χ0) is 21.7. The molecule has 3 aromatic rings. The van der Waals surface area contributed by atoms with Gasteiger partial charge in [-0.25, -0.2) is 4.98 Å². The van der Waals surface area contributed by atoms with Gasteiger partial charge < -0.3 is 15.1 Å². The minimum atomic E-state index is 0.0182. The Hall–Kier alpha value is -3.19. The topological polar surface area (TPSA) is 66.3 Å². The van der Waals surface area contributed by atoms with Crippen LogP contribution in [0.3, 0.4) is 0 Å². The van der Waals surface area contributed by atoms with Gasteiger partial charge in [0.05, 0.1) is 0 Å². The lowest BCUT2D eigenvalue weighted by Gasteiger charge is -2.34. The Labute approximate surface area is 187 Å². The molecule has 164 valence electrons. The lowest BCUT2D eigenvalue weighted by Crippen LogP contribution is -2.44. The van der Waals surface area contributed by atoms with E-state index >= 15 is 0 Å². The highest BCUT2D eigenvalue weighted by Crippen LogP contribution is 2.46. The van der Waals surface area contributed by atoms with Gasteiger partial charge >= 0.3 is 0 Å². The molecule has 3 heterocycles. The molecule has 3 unspecified atom stereocenters. The van der Waals surface area contributed by atoms with Crippen LogP contribution in [0, 0.1) is 11.8 Å². The van der Waals surface area contributed by atoms with Crippen LogP contribution >= 0.6 is 0 Å². The molecule has 1 aliphatic heterocycles. The lowest BCUT2D eigenvalue weighted by molar-refractivity contribution is 0.313. The zero-order valence-electron chi connectivity index (χ0n) is 18.3. The van der Waals surface area contributed by atoms with Crippen molar-refractivity contribution < 1.29 is 0 Å². The van der Waals surface area contributed by atoms with Crippen LogP contribution in [0.15, 0.2) is 59.5 Å². The number of anilines is 3. The van der Waals surface area contributed by atoms with E-state index in [2.05, 4.69) is 63.6 Å². The maximum atomic E-state index is 12.8. The van der Waals surface area contributed by atoms with E-state index in [-0.39, 0.29) is 11.6 Å². The third-order valence-corrected chi connectivity index (χ3v) is 7.23. The molecule has 3 atom stereocenters. The molecule has 0 spiro atoms. The van der Waals surface area contributed by atoms with Crippen LogP contribution in [0.5, 0.6) is 0 Å². The van der Waals surface area contributed by atoms with Crippen LogP contribution in [0.2, 0.25) is 0 Å². The molecule has 0 radical (unpaired) electrons. The first-order valence-electron chi connectivity index (χ1n) is 11.5. The van der Waals surface area contributed by atoms with Crippen molar-refractivity contribution in [2.24, 2.45) is 11.8 Å². The maximum absolute atomic E-state index is 12.8. The second-order valence-corrected chi connectivity index (χ2v) is 9.32. The van der Waals surface area contributed by atoms with Crippen LogP contribution in [0.25, 0.3) is 11.0 Å². The van der Waals surface area contributed by atoms with Crippen LogP contribution < -0.4 is 15.8 Å². The van der Waals surface area contributed by atoms with Crippen molar-refractivity contribution in [2.75, 3.05) is 43.4 Å². The van der Waals surface area contributed by atoms with E-state index < -0.39 is 0 Å². The monoisotopic (exact) mass is 428 g/mol. The van der Waals surface area contributed by atoms with Gasteiger partial charge in [-0.05, 0) is 62.1 Å². The highest BCUT2D eigenvalue weighted by atomic mass is 16.1. The summed E-state index contributed by atoms with van der Waals surface area (Å²) in [5.41, 5.74) is 2.91. The van der Waals surface area contributed by atoms with Gasteiger partial charge in [-0.3, -0.25) is 9.36 Å². The standard InChI is InChI=1S/C25H28N6O/c1-29-10-12-30(13-11-29)21-7-5-20(6-8-21)27-25-26-16-19-4-9-23(32)31(24(19)28-25)22-15-17-2-3-18(22)14-17/h2-9,16-18,22H,10-15H2,1H3,(H,26,27,28). The quantitative estimate of drug-likeness (QED) is 0.643. The van der Waals surface area contributed by atoms with Crippen LogP contribution in [0.1, 0.15) is 18.9 Å². The van der Waals surface area contributed by atoms with Crippen LogP contribution in [0.4, 0.5) is 17.3 Å². The number of piperazine rings is 1. The second-order valence-electron chi connectivity index (χ2n) is 9.32. The van der Waals surface area contributed by atoms with Crippen LogP contribution in [-0.2, 0) is 0 Å². The SMILES string of the molecule is CN1CCN(c2ccc(Nc3ncc4ccc(=O)n(C5CC6C=CC5C6)c4n3)cc2)CC1. The van der Waals surface area contributed by atoms with Crippen molar-refractivity contribution >= 4 is 28.4 Å². The molecule has 1 aromatic carbocycles. The Kier molecular flexibility index (Phi) is 4.72. The third-order valence-electron chi connectivity index (χ3n) is 7.23. The van der Waals surface area contributed by atoms with E-state index in [9.17, 15) is 4.79 Å². The number of hydrogen-bond acceptors (Lipinski definition) is 6. The summed E-state index contributed by atoms with van der Waals surface area (Å²) in [6, 6.07) is 12.1. The molecule has 0 amide bonds. The summed E-state index contributed by atoms with van der Waals surface area (Å²) in [5, 5.41) is 4.22. The number of benzene rings is 1. The van der Waals surface area contributed by atoms with Gasteiger partial charge in [0.25, 0.3) is 5.56 Å². The maximum Gasteiger partial charge on any atom is 0.252 e. The Morgan fingerprint density at radius 3 is 2.50 bits per heavy atom. The van der Waals surface area contributed by atoms with Gasteiger partial charge in [-0.2, -0.15) is 4.98 Å². The minimum absolute atomic E-state index is 0.0182. The number of pyridine rings is 1. The van der Waals surface area contributed by atoms with Gasteiger partial charge in [0.1, 0.15) is 5.65 Å². The van der Waals surface area contributed by atoms with Crippen molar-refractivity contribution in [1.82, 2.24) is 19.4 Å². The summed E-state index contributed by atoms with van der Waals surface area (Å²) < 4.78 is 1.90. The molecule has 7 heteroatoms. The molecule has 2 fully saturated rings. The molecular weight excluding hydrogens is 400 g/mol. The summed E-state index contributed by atoms with van der Waals surface area (Å²) in [5.74, 6) is 1.53. The molecular formula is C25H28N6O. The number of fused-ring (bicyclic) bond motifs is 3. The summed E-state index contributed by atoms with van der Waals surface area (Å²) in [6.07, 6.45) is 8.53. The summed E-state index contributed by atoms with van der Waals surface area (Å²) in [4.78, 5) is 26.9. The third kappa shape index (κ3) is 3.46. The number of aromatic nitrogens is 3. The highest BCUT2D eigenvalue weighted by Gasteiger charge is 2.37. The predicted molar refractivity (Wildman–Crippen MR) is 128 cm³/mol. The molecule has 1 N–H and O–H groups in total. The first-order chi connectivity index (χ1) is 15.6. The van der Waals surface area contributed by atoms with Gasteiger partial charge in [-0.15, -0.1) is 0 Å².